The molecule has 0 aromatic heterocycles. The number of benzene rings is 1. The predicted octanol–water partition coefficient (Wildman–Crippen LogP) is 2.37. The molecular weight excluding hydrogens is 287 g/mol. The lowest BCUT2D eigenvalue weighted by Crippen LogP contribution is -2.27. The van der Waals surface area contributed by atoms with Crippen molar-refractivity contribution >= 4 is 12.0 Å². The Morgan fingerprint density at radius 1 is 1.19 bits per heavy atom. The van der Waals surface area contributed by atoms with Gasteiger partial charge in [0.15, 0.2) is 6.29 Å². The quantitative estimate of drug-likeness (QED) is 0.801. The van der Waals surface area contributed by atoms with Gasteiger partial charge in [0.2, 0.25) is 0 Å². The highest BCUT2D eigenvalue weighted by molar-refractivity contribution is 5.79. The van der Waals surface area contributed by atoms with Gasteiger partial charge in [-0.25, -0.2) is 0 Å². The summed E-state index contributed by atoms with van der Waals surface area (Å²) in [5.41, 5.74) is -0.892. The van der Waals surface area contributed by atoms with E-state index in [1.165, 1.54) is 26.4 Å². The number of carbonyl (C=O) groups is 1. The molecule has 116 valence electrons. The van der Waals surface area contributed by atoms with Crippen molar-refractivity contribution in [2.45, 2.75) is 18.4 Å². The zero-order valence-corrected chi connectivity index (χ0v) is 11.7. The molecule has 0 aliphatic carbocycles. The lowest BCUT2D eigenvalue weighted by molar-refractivity contribution is -0.137. The first-order valence-electron chi connectivity index (χ1n) is 6.37. The first-order chi connectivity index (χ1) is 9.90. The van der Waals surface area contributed by atoms with Crippen molar-refractivity contribution in [1.29, 1.82) is 0 Å². The molecule has 0 amide bonds. The van der Waals surface area contributed by atoms with Crippen LogP contribution in [0.4, 0.5) is 18.9 Å². The summed E-state index contributed by atoms with van der Waals surface area (Å²) < 4.78 is 49.4. The molecule has 7 heteroatoms. The van der Waals surface area contributed by atoms with E-state index in [1.807, 2.05) is 0 Å². The van der Waals surface area contributed by atoms with Gasteiger partial charge in [-0.15, -0.1) is 0 Å². The fourth-order valence-electron chi connectivity index (χ4n) is 2.50. The van der Waals surface area contributed by atoms with Gasteiger partial charge < -0.3 is 14.4 Å². The van der Waals surface area contributed by atoms with Crippen LogP contribution in [0.2, 0.25) is 0 Å². The highest BCUT2D eigenvalue weighted by Crippen LogP contribution is 2.35. The third-order valence-electron chi connectivity index (χ3n) is 3.66. The van der Waals surface area contributed by atoms with Crippen LogP contribution >= 0.6 is 0 Å². The van der Waals surface area contributed by atoms with Gasteiger partial charge in [0.1, 0.15) is 12.2 Å². The summed E-state index contributed by atoms with van der Waals surface area (Å²) in [6, 6.07) is 3.69. The van der Waals surface area contributed by atoms with E-state index in [4.69, 9.17) is 9.47 Å². The number of aldehydes is 1. The Morgan fingerprint density at radius 2 is 1.76 bits per heavy atom. The van der Waals surface area contributed by atoms with Crippen molar-refractivity contribution in [2.75, 3.05) is 32.2 Å². The summed E-state index contributed by atoms with van der Waals surface area (Å²) in [5.74, 6) is 0. The third kappa shape index (κ3) is 3.19. The molecule has 1 aliphatic rings. The van der Waals surface area contributed by atoms with Crippen molar-refractivity contribution in [2.24, 2.45) is 0 Å². The highest BCUT2D eigenvalue weighted by atomic mass is 19.4. The minimum atomic E-state index is -4.56. The van der Waals surface area contributed by atoms with Gasteiger partial charge in [-0.1, -0.05) is 0 Å². The van der Waals surface area contributed by atoms with Crippen LogP contribution in [-0.2, 0) is 15.7 Å². The maximum Gasteiger partial charge on any atom is 0.417 e. The predicted molar refractivity (Wildman–Crippen MR) is 70.6 cm³/mol. The van der Waals surface area contributed by atoms with E-state index >= 15 is 0 Å². The second-order valence-electron chi connectivity index (χ2n) is 4.84. The Morgan fingerprint density at radius 3 is 2.19 bits per heavy atom. The van der Waals surface area contributed by atoms with Crippen LogP contribution in [0.3, 0.4) is 0 Å². The van der Waals surface area contributed by atoms with E-state index < -0.39 is 11.7 Å². The molecule has 1 aromatic carbocycles. The highest BCUT2D eigenvalue weighted by Gasteiger charge is 2.36. The minimum Gasteiger partial charge on any atom is -0.377 e. The molecule has 0 radical (unpaired) electrons. The number of nitrogens with zero attached hydrogens (tertiary/aromatic N) is 1. The molecule has 0 saturated carbocycles. The van der Waals surface area contributed by atoms with Gasteiger partial charge in [0, 0.05) is 38.6 Å². The molecule has 1 saturated heterocycles. The number of hydrogen-bond acceptors (Lipinski definition) is 4. The Kier molecular flexibility index (Phi) is 4.53. The van der Waals surface area contributed by atoms with Crippen LogP contribution in [0.25, 0.3) is 0 Å². The fraction of sp³-hybridized carbons (Fsp3) is 0.500. The molecule has 1 aromatic rings. The van der Waals surface area contributed by atoms with Crippen molar-refractivity contribution in [1.82, 2.24) is 0 Å². The van der Waals surface area contributed by atoms with Crippen LogP contribution in [0, 0.1) is 0 Å². The standard InChI is InChI=1S/C14H16F3NO3/c1-20-12-6-18(7-13(12)21-2)10-4-3-9(8-19)11(5-10)14(15,16)17/h3-5,8,12-13H,6-7H2,1-2H3. The largest absolute Gasteiger partial charge is 0.417 e. The molecule has 0 N–H and O–H groups in total. The van der Waals surface area contributed by atoms with Gasteiger partial charge in [-0.05, 0) is 18.2 Å². The van der Waals surface area contributed by atoms with Crippen LogP contribution in [-0.4, -0.2) is 45.8 Å². The van der Waals surface area contributed by atoms with Gasteiger partial charge in [0.05, 0.1) is 5.56 Å². The molecule has 4 nitrogen and oxygen atoms in total. The molecule has 2 rings (SSSR count). The monoisotopic (exact) mass is 303 g/mol. The van der Waals surface area contributed by atoms with Crippen molar-refractivity contribution in [3.8, 4) is 0 Å². The summed E-state index contributed by atoms with van der Waals surface area (Å²) in [4.78, 5) is 12.5. The number of carbonyl (C=O) groups excluding carboxylic acids is 1. The summed E-state index contributed by atoms with van der Waals surface area (Å²) in [6.07, 6.45) is -4.75. The van der Waals surface area contributed by atoms with E-state index in [0.717, 1.165) is 6.07 Å². The minimum absolute atomic E-state index is 0.199. The maximum atomic E-state index is 13.0. The number of halogens is 3. The van der Waals surface area contributed by atoms with E-state index in [2.05, 4.69) is 0 Å². The summed E-state index contributed by atoms with van der Waals surface area (Å²) >= 11 is 0. The van der Waals surface area contributed by atoms with Gasteiger partial charge in [-0.2, -0.15) is 13.2 Å². The second kappa shape index (κ2) is 6.03. The van der Waals surface area contributed by atoms with Crippen LogP contribution in [0.5, 0.6) is 0 Å². The SMILES string of the molecule is COC1CN(c2ccc(C=O)c(C(F)(F)F)c2)CC1OC. The lowest BCUT2D eigenvalue weighted by atomic mass is 10.1. The molecule has 1 aliphatic heterocycles. The number of rotatable bonds is 4. The summed E-state index contributed by atoms with van der Waals surface area (Å²) in [6.45, 7) is 0.874. The van der Waals surface area contributed by atoms with Crippen LogP contribution in [0.1, 0.15) is 15.9 Å². The molecule has 21 heavy (non-hydrogen) atoms. The molecule has 0 spiro atoms. The van der Waals surface area contributed by atoms with E-state index in [0.29, 0.717) is 18.8 Å². The average molecular weight is 303 g/mol. The number of ether oxygens (including phenoxy) is 2. The second-order valence-corrected chi connectivity index (χ2v) is 4.84. The number of methoxy groups -OCH3 is 2. The Balaban J connectivity index is 2.32. The zero-order chi connectivity index (χ0) is 15.6. The number of alkyl halides is 3. The molecule has 2 unspecified atom stereocenters. The van der Waals surface area contributed by atoms with Crippen LogP contribution in [0.15, 0.2) is 18.2 Å². The maximum absolute atomic E-state index is 13.0. The fourth-order valence-corrected chi connectivity index (χ4v) is 2.50. The van der Waals surface area contributed by atoms with E-state index in [1.54, 1.807) is 4.90 Å². The smallest absolute Gasteiger partial charge is 0.377 e. The van der Waals surface area contributed by atoms with Crippen molar-refractivity contribution < 1.29 is 27.4 Å². The van der Waals surface area contributed by atoms with Crippen molar-refractivity contribution in [3.63, 3.8) is 0 Å². The molecule has 2 atom stereocenters. The Hall–Kier alpha value is -1.60. The molecule has 0 bridgehead atoms. The van der Waals surface area contributed by atoms with Gasteiger partial charge in [0.25, 0.3) is 0 Å². The van der Waals surface area contributed by atoms with E-state index in [-0.39, 0.29) is 24.1 Å². The van der Waals surface area contributed by atoms with Gasteiger partial charge in [-0.3, -0.25) is 4.79 Å². The first-order valence-corrected chi connectivity index (χ1v) is 6.37. The zero-order valence-electron chi connectivity index (χ0n) is 11.7. The number of anilines is 1. The summed E-state index contributed by atoms with van der Waals surface area (Å²) in [5, 5.41) is 0. The van der Waals surface area contributed by atoms with E-state index in [9.17, 15) is 18.0 Å². The van der Waals surface area contributed by atoms with Gasteiger partial charge >= 0.3 is 6.18 Å². The average Bonchev–Trinajstić information content (AvgIpc) is 2.89. The Labute approximate surface area is 120 Å². The molecule has 1 fully saturated rings. The lowest BCUT2D eigenvalue weighted by Gasteiger charge is -2.20. The Bertz CT molecular complexity index is 507. The normalized spacial score (nSPS) is 22.6. The van der Waals surface area contributed by atoms with Crippen molar-refractivity contribution in [3.05, 3.63) is 29.3 Å². The van der Waals surface area contributed by atoms with Crippen LogP contribution < -0.4 is 4.90 Å². The summed E-state index contributed by atoms with van der Waals surface area (Å²) in [7, 11) is 3.08. The molecule has 1 heterocycles. The topological polar surface area (TPSA) is 38.8 Å². The third-order valence-corrected chi connectivity index (χ3v) is 3.66. The molecular formula is C14H16F3NO3. The first kappa shape index (κ1) is 15.8. The number of hydrogen-bond donors (Lipinski definition) is 0.